The molecule has 0 bridgehead atoms. The third-order valence-corrected chi connectivity index (χ3v) is 1.67. The molecule has 0 aliphatic heterocycles. The van der Waals surface area contributed by atoms with Gasteiger partial charge in [-0.15, -0.1) is 11.6 Å². The zero-order valence-electron chi connectivity index (χ0n) is 7.13. The molecule has 0 atom stereocenters. The smallest absolute Gasteiger partial charge is 0.207 e. The van der Waals surface area contributed by atoms with E-state index in [1.807, 2.05) is 37.3 Å². The van der Waals surface area contributed by atoms with Gasteiger partial charge in [-0.1, -0.05) is 13.0 Å². The summed E-state index contributed by atoms with van der Waals surface area (Å²) in [5.41, 5.74) is 1.89. The van der Waals surface area contributed by atoms with Gasteiger partial charge in [-0.25, -0.2) is 5.26 Å². The molecule has 0 aliphatic carbocycles. The van der Waals surface area contributed by atoms with Crippen molar-refractivity contribution in [3.8, 4) is 6.07 Å². The van der Waals surface area contributed by atoms with E-state index in [0.717, 1.165) is 11.1 Å². The molecule has 0 saturated heterocycles. The van der Waals surface area contributed by atoms with Crippen molar-refractivity contribution in [1.29, 1.82) is 5.26 Å². The predicted octanol–water partition coefficient (Wildman–Crippen LogP) is -0.359. The molecular weight excluding hydrogens is 164 g/mol. The molecule has 1 nitrogen and oxygen atoms in total. The van der Waals surface area contributed by atoms with Crippen LogP contribution in [0.25, 0.3) is 0 Å². The van der Waals surface area contributed by atoms with Gasteiger partial charge < -0.3 is 0 Å². The minimum absolute atomic E-state index is 0. The number of nitrogens with zero attached hydrogens (tertiary/aromatic N) is 1. The van der Waals surface area contributed by atoms with Crippen molar-refractivity contribution in [3.63, 3.8) is 0 Å². The second-order valence-electron chi connectivity index (χ2n) is 2.30. The minimum atomic E-state index is 0. The van der Waals surface area contributed by atoms with Gasteiger partial charge in [0.05, 0.1) is 0 Å². The molecule has 56 valence electrons. The summed E-state index contributed by atoms with van der Waals surface area (Å²) >= 11 is 5.62. The first-order chi connectivity index (χ1) is 5.24. The molecule has 0 unspecified atom stereocenters. The van der Waals surface area contributed by atoms with Gasteiger partial charge in [-0.05, 0) is 0 Å². The fraction of sp³-hybridized carbons (Fsp3) is 0.111. The largest absolute Gasteiger partial charge is 1.00 e. The molecule has 0 fully saturated rings. The van der Waals surface area contributed by atoms with Gasteiger partial charge in [-0.3, -0.25) is 0 Å². The second-order valence-corrected chi connectivity index (χ2v) is 2.67. The molecule has 1 rings (SSSR count). The van der Waals surface area contributed by atoms with Crippen molar-refractivity contribution in [2.24, 2.45) is 0 Å². The summed E-state index contributed by atoms with van der Waals surface area (Å²) in [6, 6.07) is 9.43. The normalized spacial score (nSPS) is 8.08. The summed E-state index contributed by atoms with van der Waals surface area (Å²) in [7, 11) is 0. The second kappa shape index (κ2) is 5.17. The topological polar surface area (TPSA) is 23.8 Å². The molecule has 1 aromatic rings. The molecule has 1 aromatic carbocycles. The average molecular weight is 172 g/mol. The van der Waals surface area contributed by atoms with Gasteiger partial charge in [0.1, 0.15) is 0 Å². The first-order valence-electron chi connectivity index (χ1n) is 3.23. The van der Waals surface area contributed by atoms with Gasteiger partial charge in [0.15, 0.2) is 0 Å². The van der Waals surface area contributed by atoms with Crippen LogP contribution < -0.4 is 18.9 Å². The Morgan fingerprint density at radius 3 is 2.67 bits per heavy atom. The van der Waals surface area contributed by atoms with Gasteiger partial charge >= 0.3 is 18.9 Å². The fourth-order valence-corrected chi connectivity index (χ4v) is 0.964. The number of rotatable bonds is 1. The van der Waals surface area contributed by atoms with E-state index in [2.05, 4.69) is 0 Å². The number of hydrogen-bond acceptors (Lipinski definition) is 1. The maximum atomic E-state index is 8.46. The summed E-state index contributed by atoms with van der Waals surface area (Å²) in [6.45, 7) is 1.96. The number of aryl methyl sites for hydroxylation is 1. The van der Waals surface area contributed by atoms with Crippen LogP contribution in [0, 0.1) is 23.6 Å². The van der Waals surface area contributed by atoms with Gasteiger partial charge in [0.2, 0.25) is 0 Å². The van der Waals surface area contributed by atoms with Gasteiger partial charge in [0.25, 0.3) is 0 Å². The fourth-order valence-electron chi connectivity index (χ4n) is 0.846. The summed E-state index contributed by atoms with van der Waals surface area (Å²) in [6.07, 6.45) is 0. The maximum absolute atomic E-state index is 8.46. The van der Waals surface area contributed by atoms with Gasteiger partial charge in [0, 0.05) is 11.4 Å². The van der Waals surface area contributed by atoms with Crippen LogP contribution in [0.4, 0.5) is 0 Å². The van der Waals surface area contributed by atoms with Crippen LogP contribution >= 0.6 is 11.6 Å². The van der Waals surface area contributed by atoms with Crippen molar-refractivity contribution in [2.75, 3.05) is 0 Å². The Morgan fingerprint density at radius 1 is 1.50 bits per heavy atom. The summed E-state index contributed by atoms with van der Waals surface area (Å²) in [4.78, 5) is 0. The van der Waals surface area contributed by atoms with Crippen LogP contribution in [0.15, 0.2) is 24.3 Å². The molecule has 0 spiro atoms. The minimum Gasteiger partial charge on any atom is -0.207 e. The van der Waals surface area contributed by atoms with Gasteiger partial charge in [-0.2, -0.15) is 29.3 Å². The van der Waals surface area contributed by atoms with E-state index in [-0.39, 0.29) is 24.2 Å². The first kappa shape index (κ1) is 11.5. The predicted molar refractivity (Wildman–Crippen MR) is 45.0 cm³/mol. The number of hydrogen-bond donors (Lipinski definition) is 0. The Hall–Kier alpha value is -0.533. The van der Waals surface area contributed by atoms with E-state index in [0.29, 0.717) is 0 Å². The van der Waals surface area contributed by atoms with Crippen LogP contribution in [-0.2, 0) is 0 Å². The molecular formula is C9H7ClLiN. The third-order valence-electron chi connectivity index (χ3n) is 1.37. The molecule has 12 heavy (non-hydrogen) atoms. The summed E-state index contributed by atoms with van der Waals surface area (Å²) in [5, 5.41) is 8.70. The van der Waals surface area contributed by atoms with E-state index >= 15 is 0 Å². The summed E-state index contributed by atoms with van der Waals surface area (Å²) < 4.78 is 0. The Kier molecular flexibility index (Phi) is 4.94. The van der Waals surface area contributed by atoms with E-state index in [4.69, 9.17) is 16.9 Å². The molecule has 0 N–H and O–H groups in total. The zero-order valence-corrected chi connectivity index (χ0v) is 7.89. The number of benzene rings is 1. The Morgan fingerprint density at radius 2 is 2.17 bits per heavy atom. The zero-order chi connectivity index (χ0) is 8.27. The summed E-state index contributed by atoms with van der Waals surface area (Å²) in [5.74, 6) is 0. The molecule has 0 aliphatic rings. The van der Waals surface area contributed by atoms with Crippen molar-refractivity contribution in [1.82, 2.24) is 0 Å². The molecule has 0 saturated carbocycles. The average Bonchev–Trinajstić information content (AvgIpc) is 2.03. The molecule has 0 aromatic heterocycles. The quantitative estimate of drug-likeness (QED) is 0.418. The van der Waals surface area contributed by atoms with Crippen molar-refractivity contribution in [3.05, 3.63) is 40.8 Å². The molecule has 0 amide bonds. The van der Waals surface area contributed by atoms with Crippen molar-refractivity contribution in [2.45, 2.75) is 6.92 Å². The van der Waals surface area contributed by atoms with Crippen molar-refractivity contribution < 1.29 is 18.9 Å². The van der Waals surface area contributed by atoms with Crippen LogP contribution in [0.5, 0.6) is 0 Å². The van der Waals surface area contributed by atoms with E-state index in [1.54, 1.807) is 0 Å². The maximum Gasteiger partial charge on any atom is 1.00 e. The van der Waals surface area contributed by atoms with Crippen LogP contribution in [0.2, 0.25) is 0 Å². The van der Waals surface area contributed by atoms with Crippen LogP contribution in [0.3, 0.4) is 0 Å². The number of halogens is 1. The third kappa shape index (κ3) is 2.84. The van der Waals surface area contributed by atoms with Crippen molar-refractivity contribution >= 4 is 11.6 Å². The van der Waals surface area contributed by atoms with E-state index in [1.165, 1.54) is 0 Å². The van der Waals surface area contributed by atoms with E-state index < -0.39 is 0 Å². The van der Waals surface area contributed by atoms with Crippen LogP contribution in [-0.4, -0.2) is 0 Å². The monoisotopic (exact) mass is 171 g/mol. The number of nitriles is 1. The Balaban J connectivity index is 0.00000121. The molecule has 0 heterocycles. The Bertz CT molecular complexity index is 293. The SMILES string of the molecule is Cc1cccc([C-](Cl)C#N)c1.[Li+]. The van der Waals surface area contributed by atoms with Crippen LogP contribution in [0.1, 0.15) is 11.1 Å². The standard InChI is InChI=1S/C9H7ClN.Li/c1-7-3-2-4-8(5-7)9(10)6-11;/h2-5H,1H3;/q-1;+1. The molecule has 0 radical (unpaired) electrons. The molecule has 3 heteroatoms. The Labute approximate surface area is 89.5 Å². The van der Waals surface area contributed by atoms with E-state index in [9.17, 15) is 0 Å². The first-order valence-corrected chi connectivity index (χ1v) is 3.61.